The number of benzene rings is 6. The van der Waals surface area contributed by atoms with Crippen molar-refractivity contribution in [3.05, 3.63) is 168 Å². The van der Waals surface area contributed by atoms with Crippen molar-refractivity contribution in [3.63, 3.8) is 0 Å². The number of fused-ring (bicyclic) bond motifs is 1. The van der Waals surface area contributed by atoms with Crippen molar-refractivity contribution in [2.75, 3.05) is 0 Å². The summed E-state index contributed by atoms with van der Waals surface area (Å²) in [6, 6.07) is 46.9. The normalized spacial score (nSPS) is 13.3. The van der Waals surface area contributed by atoms with Crippen LogP contribution in [0.5, 0.6) is 5.75 Å². The Labute approximate surface area is 354 Å². The van der Waals surface area contributed by atoms with E-state index in [0.717, 1.165) is 78.0 Å². The van der Waals surface area contributed by atoms with Crippen molar-refractivity contribution >= 4 is 11.0 Å². The molecule has 8 aromatic rings. The fourth-order valence-electron chi connectivity index (χ4n) is 7.91. The van der Waals surface area contributed by atoms with Gasteiger partial charge in [-0.3, -0.25) is 9.55 Å². The molecule has 0 fully saturated rings. The lowest BCUT2D eigenvalue weighted by molar-refractivity contribution is 0.446. The Hall–Kier alpha value is -6.26. The number of aromatic hydroxyl groups is 1. The Morgan fingerprint density at radius 2 is 1.19 bits per heavy atom. The standard InChI is InChI=1S/C55H55N3O/c1-35-24-25-48(44(28-35)37-20-15-12-16-21-37)58-49-23-17-22-43(50(49)57-52(58)45-33-42(54(5,6)7)34-46(51(45)59)55(8,9)10)39-29-40(31-41(30-39)53(2,3)4)47-32-38(26-27-56-47)36-18-13-11-14-19-36/h11-34,59H,1-10H3/i1D3. The molecule has 8 rings (SSSR count). The van der Waals surface area contributed by atoms with Crippen molar-refractivity contribution in [1.29, 1.82) is 0 Å². The van der Waals surface area contributed by atoms with Crippen LogP contribution in [0.4, 0.5) is 0 Å². The van der Waals surface area contributed by atoms with Crippen LogP contribution in [0.3, 0.4) is 0 Å². The van der Waals surface area contributed by atoms with E-state index >= 15 is 0 Å². The van der Waals surface area contributed by atoms with E-state index in [1.54, 1.807) is 12.1 Å². The highest BCUT2D eigenvalue weighted by molar-refractivity contribution is 5.98. The minimum atomic E-state index is -2.32. The smallest absolute Gasteiger partial charge is 0.149 e. The monoisotopic (exact) mass is 776 g/mol. The highest BCUT2D eigenvalue weighted by Gasteiger charge is 2.29. The third-order valence-electron chi connectivity index (χ3n) is 11.3. The average molecular weight is 777 g/mol. The van der Waals surface area contributed by atoms with Gasteiger partial charge in [0.05, 0.1) is 28.0 Å². The summed E-state index contributed by atoms with van der Waals surface area (Å²) in [5, 5.41) is 12.4. The largest absolute Gasteiger partial charge is 0.507 e. The molecule has 0 unspecified atom stereocenters. The molecule has 0 saturated carbocycles. The molecule has 296 valence electrons. The fourth-order valence-corrected chi connectivity index (χ4v) is 7.91. The second kappa shape index (κ2) is 14.8. The van der Waals surface area contributed by atoms with Crippen LogP contribution >= 0.6 is 0 Å². The van der Waals surface area contributed by atoms with Gasteiger partial charge in [0.25, 0.3) is 0 Å². The molecule has 0 bridgehead atoms. The van der Waals surface area contributed by atoms with Gasteiger partial charge in [-0.25, -0.2) is 4.98 Å². The van der Waals surface area contributed by atoms with E-state index in [-0.39, 0.29) is 27.6 Å². The van der Waals surface area contributed by atoms with E-state index < -0.39 is 6.85 Å². The van der Waals surface area contributed by atoms with Crippen LogP contribution in [0.25, 0.3) is 72.7 Å². The predicted molar refractivity (Wildman–Crippen MR) is 249 cm³/mol. The van der Waals surface area contributed by atoms with Crippen molar-refractivity contribution in [2.24, 2.45) is 0 Å². The second-order valence-electron chi connectivity index (χ2n) is 18.8. The maximum Gasteiger partial charge on any atom is 0.149 e. The summed E-state index contributed by atoms with van der Waals surface area (Å²) in [6.07, 6.45) is 1.88. The molecule has 0 amide bonds. The van der Waals surface area contributed by atoms with Crippen molar-refractivity contribution in [3.8, 4) is 67.5 Å². The molecule has 0 aliphatic heterocycles. The SMILES string of the molecule is [2H]C([2H])([2H])c1ccc(-n2c(-c3cc(C(C)(C)C)cc(C(C)(C)C)c3O)nc3c(-c4cc(-c5cc(-c6ccccc6)ccn5)cc(C(C)(C)C)c4)cccc32)c(-c2ccccc2)c1. The lowest BCUT2D eigenvalue weighted by Gasteiger charge is -2.27. The highest BCUT2D eigenvalue weighted by Crippen LogP contribution is 2.46. The molecule has 6 aromatic carbocycles. The topological polar surface area (TPSA) is 50.9 Å². The first kappa shape index (κ1) is 35.9. The number of phenolic OH excluding ortho intramolecular Hbond substituents is 1. The number of aryl methyl sites for hydroxylation is 1. The predicted octanol–water partition coefficient (Wildman–Crippen LogP) is 14.7. The summed E-state index contributed by atoms with van der Waals surface area (Å²) in [5.74, 6) is 0.732. The van der Waals surface area contributed by atoms with Gasteiger partial charge in [0.15, 0.2) is 0 Å². The Kier molecular flexibility index (Phi) is 9.02. The maximum absolute atomic E-state index is 12.4. The number of hydrogen-bond acceptors (Lipinski definition) is 3. The van der Waals surface area contributed by atoms with E-state index in [4.69, 9.17) is 14.1 Å². The van der Waals surface area contributed by atoms with Crippen LogP contribution < -0.4 is 0 Å². The molecule has 59 heavy (non-hydrogen) atoms. The summed E-state index contributed by atoms with van der Waals surface area (Å²) in [7, 11) is 0. The first-order chi connectivity index (χ1) is 29.2. The lowest BCUT2D eigenvalue weighted by Crippen LogP contribution is -2.17. The number of phenols is 1. The molecule has 2 heterocycles. The zero-order valence-electron chi connectivity index (χ0n) is 38.6. The number of para-hydroxylation sites is 1. The fraction of sp³-hybridized carbons (Fsp3) is 0.236. The van der Waals surface area contributed by atoms with Crippen LogP contribution in [-0.2, 0) is 16.2 Å². The minimum Gasteiger partial charge on any atom is -0.507 e. The summed E-state index contributed by atoms with van der Waals surface area (Å²) in [5.41, 5.74) is 13.1. The molecule has 0 aliphatic carbocycles. The molecular formula is C55H55N3O. The summed E-state index contributed by atoms with van der Waals surface area (Å²) in [4.78, 5) is 10.5. The van der Waals surface area contributed by atoms with Crippen LogP contribution in [0.2, 0.25) is 0 Å². The van der Waals surface area contributed by atoms with Crippen molar-refractivity contribution in [2.45, 2.75) is 85.4 Å². The third-order valence-corrected chi connectivity index (χ3v) is 11.3. The van der Waals surface area contributed by atoms with Crippen LogP contribution in [0.15, 0.2) is 146 Å². The molecule has 0 radical (unpaired) electrons. The zero-order chi connectivity index (χ0) is 44.4. The Morgan fingerprint density at radius 1 is 0.525 bits per heavy atom. The Morgan fingerprint density at radius 3 is 1.85 bits per heavy atom. The number of hydrogen-bond donors (Lipinski definition) is 1. The van der Waals surface area contributed by atoms with Crippen LogP contribution in [-0.4, -0.2) is 19.6 Å². The van der Waals surface area contributed by atoms with E-state index in [1.807, 2.05) is 54.7 Å². The van der Waals surface area contributed by atoms with Crippen molar-refractivity contribution < 1.29 is 9.22 Å². The van der Waals surface area contributed by atoms with Gasteiger partial charge < -0.3 is 5.11 Å². The highest BCUT2D eigenvalue weighted by atomic mass is 16.3. The van der Waals surface area contributed by atoms with Gasteiger partial charge in [-0.05, 0) is 105 Å². The molecule has 2 aromatic heterocycles. The molecule has 4 nitrogen and oxygen atoms in total. The van der Waals surface area contributed by atoms with E-state index in [0.29, 0.717) is 11.4 Å². The van der Waals surface area contributed by atoms with Gasteiger partial charge in [-0.1, -0.05) is 159 Å². The molecular weight excluding hydrogens is 719 g/mol. The molecule has 0 atom stereocenters. The lowest BCUT2D eigenvalue weighted by atomic mass is 9.79. The second-order valence-corrected chi connectivity index (χ2v) is 18.8. The van der Waals surface area contributed by atoms with Crippen molar-refractivity contribution in [1.82, 2.24) is 14.5 Å². The summed E-state index contributed by atoms with van der Waals surface area (Å²) < 4.78 is 27.2. The number of imidazole rings is 1. The molecule has 4 heteroatoms. The van der Waals surface area contributed by atoms with Gasteiger partial charge in [0.1, 0.15) is 11.6 Å². The summed E-state index contributed by atoms with van der Waals surface area (Å²) >= 11 is 0. The first-order valence-electron chi connectivity index (χ1n) is 22.0. The van der Waals surface area contributed by atoms with Gasteiger partial charge in [-0.2, -0.15) is 0 Å². The van der Waals surface area contributed by atoms with Gasteiger partial charge in [0, 0.05) is 32.6 Å². The number of rotatable bonds is 6. The first-order valence-corrected chi connectivity index (χ1v) is 20.5. The van der Waals surface area contributed by atoms with Crippen LogP contribution in [0, 0.1) is 6.85 Å². The summed E-state index contributed by atoms with van der Waals surface area (Å²) in [6.45, 7) is 17.3. The number of aromatic nitrogens is 3. The minimum absolute atomic E-state index is 0.172. The zero-order valence-corrected chi connectivity index (χ0v) is 35.6. The Bertz CT molecular complexity index is 2940. The van der Waals surface area contributed by atoms with Gasteiger partial charge in [0.2, 0.25) is 0 Å². The third kappa shape index (κ3) is 7.72. The van der Waals surface area contributed by atoms with E-state index in [1.165, 1.54) is 0 Å². The van der Waals surface area contributed by atoms with E-state index in [9.17, 15) is 5.11 Å². The molecule has 0 aliphatic rings. The average Bonchev–Trinajstić information content (AvgIpc) is 3.62. The Balaban J connectivity index is 1.47. The van der Waals surface area contributed by atoms with E-state index in [2.05, 4.69) is 146 Å². The van der Waals surface area contributed by atoms with Gasteiger partial charge in [-0.15, -0.1) is 0 Å². The molecule has 1 N–H and O–H groups in total. The quantitative estimate of drug-likeness (QED) is 0.183. The number of nitrogens with zero attached hydrogens (tertiary/aromatic N) is 3. The number of pyridine rings is 1. The molecule has 0 spiro atoms. The van der Waals surface area contributed by atoms with Crippen LogP contribution in [0.1, 0.15) is 88.7 Å². The van der Waals surface area contributed by atoms with Gasteiger partial charge >= 0.3 is 0 Å². The molecule has 0 saturated heterocycles. The maximum atomic E-state index is 12.4.